The first kappa shape index (κ1) is 19.0. The zero-order valence-electron chi connectivity index (χ0n) is 13.2. The predicted octanol–water partition coefficient (Wildman–Crippen LogP) is 2.63. The van der Waals surface area contributed by atoms with Crippen LogP contribution in [-0.4, -0.2) is 28.9 Å². The van der Waals surface area contributed by atoms with E-state index in [0.29, 0.717) is 0 Å². The first-order chi connectivity index (χ1) is 12.2. The highest BCUT2D eigenvalue weighted by Gasteiger charge is 2.33. The molecule has 0 fully saturated rings. The van der Waals surface area contributed by atoms with Gasteiger partial charge in [-0.05, 0) is 24.3 Å². The number of benzene rings is 1. The number of primary amides is 1. The Balaban J connectivity index is 2.03. The lowest BCUT2D eigenvalue weighted by Crippen LogP contribution is -2.18. The van der Waals surface area contributed by atoms with Crippen molar-refractivity contribution in [3.05, 3.63) is 57.8 Å². The number of carbonyl (C=O) groups excluding carboxylic acids is 1. The van der Waals surface area contributed by atoms with Crippen molar-refractivity contribution in [2.45, 2.75) is 6.18 Å². The van der Waals surface area contributed by atoms with Gasteiger partial charge in [0.25, 0.3) is 5.69 Å². The van der Waals surface area contributed by atoms with E-state index in [0.717, 1.165) is 12.1 Å². The molecule has 1 aromatic heterocycles. The van der Waals surface area contributed by atoms with Gasteiger partial charge in [0.05, 0.1) is 10.5 Å². The minimum Gasteiger partial charge on any atom is -0.378 e. The summed E-state index contributed by atoms with van der Waals surface area (Å²) in [7, 11) is 0. The molecule has 8 nitrogen and oxygen atoms in total. The molecular formula is C15H14F3N5O3. The molecule has 0 spiro atoms. The monoisotopic (exact) mass is 369 g/mol. The van der Waals surface area contributed by atoms with E-state index < -0.39 is 22.6 Å². The normalized spacial score (nSPS) is 11.0. The second-order valence-electron chi connectivity index (χ2n) is 5.10. The van der Waals surface area contributed by atoms with Crippen LogP contribution in [0, 0.1) is 10.1 Å². The second kappa shape index (κ2) is 7.68. The Kier molecular flexibility index (Phi) is 5.60. The van der Waals surface area contributed by atoms with Crippen molar-refractivity contribution in [3.8, 4) is 0 Å². The van der Waals surface area contributed by atoms with Gasteiger partial charge in [-0.1, -0.05) is 0 Å². The summed E-state index contributed by atoms with van der Waals surface area (Å²) in [5.74, 6) is -1.14. The van der Waals surface area contributed by atoms with Crippen molar-refractivity contribution in [2.75, 3.05) is 23.7 Å². The van der Waals surface area contributed by atoms with E-state index in [-0.39, 0.29) is 35.8 Å². The number of alkyl halides is 3. The van der Waals surface area contributed by atoms with Crippen LogP contribution in [0.3, 0.4) is 0 Å². The average Bonchev–Trinajstić information content (AvgIpc) is 2.58. The molecule has 0 saturated heterocycles. The van der Waals surface area contributed by atoms with Crippen molar-refractivity contribution in [3.63, 3.8) is 0 Å². The van der Waals surface area contributed by atoms with Gasteiger partial charge in [-0.2, -0.15) is 13.2 Å². The van der Waals surface area contributed by atoms with Gasteiger partial charge in [0.15, 0.2) is 0 Å². The third kappa shape index (κ3) is 4.59. The van der Waals surface area contributed by atoms with Crippen LogP contribution >= 0.6 is 0 Å². The van der Waals surface area contributed by atoms with Crippen LogP contribution in [0.2, 0.25) is 0 Å². The number of amides is 1. The Morgan fingerprint density at radius 1 is 1.23 bits per heavy atom. The molecule has 0 aliphatic heterocycles. The van der Waals surface area contributed by atoms with Crippen molar-refractivity contribution < 1.29 is 22.9 Å². The number of carbonyl (C=O) groups is 1. The van der Waals surface area contributed by atoms with Crippen molar-refractivity contribution in [2.24, 2.45) is 5.73 Å². The zero-order valence-corrected chi connectivity index (χ0v) is 13.2. The van der Waals surface area contributed by atoms with E-state index >= 15 is 0 Å². The standard InChI is InChI=1S/C15H14F3N5O3/c16-15(17,18)10-2-1-5-21-14(10)22-7-6-20-11-4-3-9(13(19)24)8-12(11)23(25)26/h1-5,8,20H,6-7H2,(H2,19,24)(H,21,22). The highest BCUT2D eigenvalue weighted by Crippen LogP contribution is 2.33. The number of nitro groups is 1. The molecule has 2 rings (SSSR count). The van der Waals surface area contributed by atoms with Crippen LogP contribution < -0.4 is 16.4 Å². The van der Waals surface area contributed by atoms with E-state index in [2.05, 4.69) is 15.6 Å². The number of aromatic nitrogens is 1. The fraction of sp³-hybridized carbons (Fsp3) is 0.200. The number of rotatable bonds is 7. The Bertz CT molecular complexity index is 826. The molecule has 4 N–H and O–H groups in total. The molecule has 0 unspecified atom stereocenters. The average molecular weight is 369 g/mol. The molecule has 1 aromatic carbocycles. The maximum atomic E-state index is 12.9. The number of nitrogens with one attached hydrogen (secondary N) is 2. The molecule has 138 valence electrons. The molecule has 1 amide bonds. The minimum atomic E-state index is -4.55. The van der Waals surface area contributed by atoms with Gasteiger partial charge in [0.2, 0.25) is 5.91 Å². The Morgan fingerprint density at radius 2 is 1.92 bits per heavy atom. The number of pyridine rings is 1. The number of halogens is 3. The third-order valence-corrected chi connectivity index (χ3v) is 3.32. The summed E-state index contributed by atoms with van der Waals surface area (Å²) in [6.45, 7) is 0.0967. The van der Waals surface area contributed by atoms with Crippen molar-refractivity contribution in [1.82, 2.24) is 4.98 Å². The third-order valence-electron chi connectivity index (χ3n) is 3.32. The van der Waals surface area contributed by atoms with Gasteiger partial charge in [-0.15, -0.1) is 0 Å². The summed E-state index contributed by atoms with van der Waals surface area (Å²) >= 11 is 0. The smallest absolute Gasteiger partial charge is 0.378 e. The van der Waals surface area contributed by atoms with Gasteiger partial charge in [0.1, 0.15) is 11.5 Å². The van der Waals surface area contributed by atoms with Crippen LogP contribution in [0.5, 0.6) is 0 Å². The number of nitrogens with zero attached hydrogens (tertiary/aromatic N) is 2. The number of nitro benzene ring substituents is 1. The number of hydrogen-bond donors (Lipinski definition) is 3. The molecule has 26 heavy (non-hydrogen) atoms. The maximum Gasteiger partial charge on any atom is 0.419 e. The van der Waals surface area contributed by atoms with E-state index in [1.54, 1.807) is 0 Å². The Hall–Kier alpha value is -3.37. The SMILES string of the molecule is NC(=O)c1ccc(NCCNc2ncccc2C(F)(F)F)c([N+](=O)[O-])c1. The van der Waals surface area contributed by atoms with Gasteiger partial charge in [0, 0.05) is 30.9 Å². The molecule has 0 saturated carbocycles. The number of nitrogens with two attached hydrogens (primary N) is 1. The van der Waals surface area contributed by atoms with Gasteiger partial charge in [-0.3, -0.25) is 14.9 Å². The van der Waals surface area contributed by atoms with E-state index in [1.807, 2.05) is 0 Å². The maximum absolute atomic E-state index is 12.9. The molecule has 0 bridgehead atoms. The number of anilines is 2. The summed E-state index contributed by atoms with van der Waals surface area (Å²) in [5.41, 5.74) is 3.89. The fourth-order valence-corrected chi connectivity index (χ4v) is 2.14. The summed E-state index contributed by atoms with van der Waals surface area (Å²) in [5, 5.41) is 16.3. The summed E-state index contributed by atoms with van der Waals surface area (Å²) in [4.78, 5) is 25.1. The first-order valence-corrected chi connectivity index (χ1v) is 7.28. The molecule has 0 atom stereocenters. The van der Waals surface area contributed by atoms with E-state index in [9.17, 15) is 28.1 Å². The lowest BCUT2D eigenvalue weighted by atomic mass is 10.1. The topological polar surface area (TPSA) is 123 Å². The highest BCUT2D eigenvalue weighted by molar-refractivity contribution is 5.94. The highest BCUT2D eigenvalue weighted by atomic mass is 19.4. The number of hydrogen-bond acceptors (Lipinski definition) is 6. The van der Waals surface area contributed by atoms with Crippen LogP contribution in [-0.2, 0) is 6.18 Å². The molecule has 2 aromatic rings. The molecule has 11 heteroatoms. The van der Waals surface area contributed by atoms with Crippen molar-refractivity contribution in [1.29, 1.82) is 0 Å². The lowest BCUT2D eigenvalue weighted by Gasteiger charge is -2.13. The Labute approximate surface area is 145 Å². The lowest BCUT2D eigenvalue weighted by molar-refractivity contribution is -0.384. The largest absolute Gasteiger partial charge is 0.419 e. The zero-order chi connectivity index (χ0) is 19.3. The van der Waals surface area contributed by atoms with Crippen LogP contribution in [0.4, 0.5) is 30.4 Å². The van der Waals surface area contributed by atoms with Crippen LogP contribution in [0.1, 0.15) is 15.9 Å². The summed E-state index contributed by atoms with van der Waals surface area (Å²) in [6.07, 6.45) is -3.33. The van der Waals surface area contributed by atoms with E-state index in [4.69, 9.17) is 5.73 Å². The molecule has 0 aliphatic carbocycles. The second-order valence-corrected chi connectivity index (χ2v) is 5.10. The minimum absolute atomic E-state index is 0.0226. The van der Waals surface area contributed by atoms with Crippen molar-refractivity contribution >= 4 is 23.1 Å². The quantitative estimate of drug-likeness (QED) is 0.392. The molecular weight excluding hydrogens is 355 g/mol. The molecule has 0 radical (unpaired) electrons. The van der Waals surface area contributed by atoms with Gasteiger partial charge in [-0.25, -0.2) is 4.98 Å². The van der Waals surface area contributed by atoms with E-state index in [1.165, 1.54) is 24.4 Å². The predicted molar refractivity (Wildman–Crippen MR) is 87.8 cm³/mol. The van der Waals surface area contributed by atoms with Gasteiger partial charge >= 0.3 is 6.18 Å². The van der Waals surface area contributed by atoms with Crippen LogP contribution in [0.25, 0.3) is 0 Å². The summed E-state index contributed by atoms with van der Waals surface area (Å²) in [6, 6.07) is 5.72. The molecule has 0 aliphatic rings. The fourth-order valence-electron chi connectivity index (χ4n) is 2.14. The summed E-state index contributed by atoms with van der Waals surface area (Å²) < 4.78 is 38.6. The Morgan fingerprint density at radius 3 is 2.54 bits per heavy atom. The molecule has 1 heterocycles. The first-order valence-electron chi connectivity index (χ1n) is 7.28. The van der Waals surface area contributed by atoms with Gasteiger partial charge < -0.3 is 16.4 Å². The van der Waals surface area contributed by atoms with Crippen LogP contribution in [0.15, 0.2) is 36.5 Å².